The second kappa shape index (κ2) is 8.92. The molecule has 2 saturated heterocycles. The summed E-state index contributed by atoms with van der Waals surface area (Å²) >= 11 is 0. The lowest BCUT2D eigenvalue weighted by molar-refractivity contribution is -0.137. The summed E-state index contributed by atoms with van der Waals surface area (Å²) < 4.78 is 7.35. The first kappa shape index (κ1) is 19.3. The molecule has 0 unspecified atom stereocenters. The molecular weight excluding hydrogens is 334 g/mol. The van der Waals surface area contributed by atoms with Crippen molar-refractivity contribution in [3.05, 3.63) is 11.6 Å². The van der Waals surface area contributed by atoms with Crippen LogP contribution in [0.1, 0.15) is 50.2 Å². The summed E-state index contributed by atoms with van der Waals surface area (Å²) in [7, 11) is 2.02. The Morgan fingerprint density at radius 3 is 2.73 bits per heavy atom. The van der Waals surface area contributed by atoms with E-state index in [4.69, 9.17) is 4.74 Å². The summed E-state index contributed by atoms with van der Waals surface area (Å²) in [4.78, 5) is 16.5. The van der Waals surface area contributed by atoms with Gasteiger partial charge in [-0.15, -0.1) is 10.2 Å². The van der Waals surface area contributed by atoms with Crippen molar-refractivity contribution in [2.45, 2.75) is 51.2 Å². The number of carbonyl (C=O) groups excluding carboxylic acids is 1. The maximum atomic E-state index is 12.2. The number of piperidine rings is 2. The molecule has 0 aromatic carbocycles. The van der Waals surface area contributed by atoms with Crippen LogP contribution in [-0.4, -0.2) is 81.1 Å². The number of ether oxygens (including phenoxy) is 1. The average molecular weight is 365 g/mol. The van der Waals surface area contributed by atoms with Gasteiger partial charge in [0.15, 0.2) is 0 Å². The van der Waals surface area contributed by atoms with Gasteiger partial charge in [0.05, 0.1) is 12.6 Å². The number of amides is 1. The van der Waals surface area contributed by atoms with Gasteiger partial charge < -0.3 is 19.3 Å². The van der Waals surface area contributed by atoms with E-state index >= 15 is 0 Å². The Morgan fingerprint density at radius 2 is 2.00 bits per heavy atom. The number of likely N-dealkylation sites (tertiary alicyclic amines) is 2. The predicted molar refractivity (Wildman–Crippen MR) is 96.6 cm³/mol. The lowest BCUT2D eigenvalue weighted by atomic mass is 9.97. The zero-order valence-corrected chi connectivity index (χ0v) is 15.9. The predicted octanol–water partition coefficient (Wildman–Crippen LogP) is 0.514. The van der Waals surface area contributed by atoms with Crippen LogP contribution in [-0.2, 0) is 23.1 Å². The maximum Gasteiger partial charge on any atom is 0.248 e. The van der Waals surface area contributed by atoms with Gasteiger partial charge in [0.2, 0.25) is 5.91 Å². The van der Waals surface area contributed by atoms with Crippen molar-refractivity contribution < 1.29 is 14.6 Å². The number of aliphatic hydroxyl groups is 1. The quantitative estimate of drug-likeness (QED) is 0.791. The van der Waals surface area contributed by atoms with Crippen LogP contribution in [0.5, 0.6) is 0 Å². The normalized spacial score (nSPS) is 22.7. The molecule has 2 aliphatic rings. The molecule has 3 heterocycles. The smallest absolute Gasteiger partial charge is 0.248 e. The minimum atomic E-state index is -0.163. The molecule has 0 aliphatic carbocycles. The lowest BCUT2D eigenvalue weighted by Gasteiger charge is -2.32. The Balaban J connectivity index is 1.60. The molecule has 1 atom stereocenters. The third kappa shape index (κ3) is 4.61. The summed E-state index contributed by atoms with van der Waals surface area (Å²) in [5.41, 5.74) is 0. The molecule has 2 aliphatic heterocycles. The van der Waals surface area contributed by atoms with Crippen molar-refractivity contribution in [2.75, 3.05) is 39.4 Å². The number of aromatic nitrogens is 3. The first-order valence-corrected chi connectivity index (χ1v) is 9.72. The molecule has 1 amide bonds. The van der Waals surface area contributed by atoms with Gasteiger partial charge in [-0.1, -0.05) is 0 Å². The minimum absolute atomic E-state index is 0.0609. The Bertz CT molecular complexity index is 598. The van der Waals surface area contributed by atoms with E-state index in [-0.39, 0.29) is 24.5 Å². The fourth-order valence-corrected chi connectivity index (χ4v) is 3.84. The molecule has 0 bridgehead atoms. The van der Waals surface area contributed by atoms with E-state index in [0.717, 1.165) is 63.5 Å². The molecule has 8 nitrogen and oxygen atoms in total. The highest BCUT2D eigenvalue weighted by molar-refractivity contribution is 5.77. The molecule has 0 radical (unpaired) electrons. The first-order chi connectivity index (χ1) is 12.6. The molecule has 0 saturated carbocycles. The highest BCUT2D eigenvalue weighted by Gasteiger charge is 2.29. The van der Waals surface area contributed by atoms with Crippen molar-refractivity contribution in [3.8, 4) is 0 Å². The Morgan fingerprint density at radius 1 is 1.23 bits per heavy atom. The van der Waals surface area contributed by atoms with Crippen molar-refractivity contribution in [1.82, 2.24) is 24.6 Å². The number of carbonyl (C=O) groups is 1. The average Bonchev–Trinajstić information content (AvgIpc) is 3.02. The summed E-state index contributed by atoms with van der Waals surface area (Å²) in [5.74, 6) is 2.20. The molecule has 26 heavy (non-hydrogen) atoms. The van der Waals surface area contributed by atoms with Gasteiger partial charge in [-0.2, -0.15) is 0 Å². The van der Waals surface area contributed by atoms with Crippen LogP contribution >= 0.6 is 0 Å². The van der Waals surface area contributed by atoms with Crippen LogP contribution in [0.25, 0.3) is 0 Å². The largest absolute Gasteiger partial charge is 0.393 e. The van der Waals surface area contributed by atoms with Crippen LogP contribution in [0, 0.1) is 0 Å². The molecule has 2 fully saturated rings. The van der Waals surface area contributed by atoms with E-state index in [1.807, 2.05) is 18.9 Å². The molecule has 3 rings (SSSR count). The third-order valence-electron chi connectivity index (χ3n) is 5.49. The van der Waals surface area contributed by atoms with E-state index in [9.17, 15) is 9.90 Å². The van der Waals surface area contributed by atoms with E-state index in [1.54, 1.807) is 0 Å². The maximum absolute atomic E-state index is 12.2. The van der Waals surface area contributed by atoms with Gasteiger partial charge in [-0.05, 0) is 32.6 Å². The van der Waals surface area contributed by atoms with Gasteiger partial charge >= 0.3 is 0 Å². The lowest BCUT2D eigenvalue weighted by Crippen LogP contribution is -2.41. The van der Waals surface area contributed by atoms with Crippen LogP contribution in [0.2, 0.25) is 0 Å². The van der Waals surface area contributed by atoms with Crippen molar-refractivity contribution in [1.29, 1.82) is 0 Å². The van der Waals surface area contributed by atoms with Crippen molar-refractivity contribution >= 4 is 5.91 Å². The monoisotopic (exact) mass is 365 g/mol. The van der Waals surface area contributed by atoms with E-state index < -0.39 is 0 Å². The number of nitrogens with zero attached hydrogens (tertiary/aromatic N) is 5. The van der Waals surface area contributed by atoms with Gasteiger partial charge in [0.1, 0.15) is 18.3 Å². The molecule has 1 aromatic heterocycles. The third-order valence-corrected chi connectivity index (χ3v) is 5.49. The highest BCUT2D eigenvalue weighted by Crippen LogP contribution is 2.26. The summed E-state index contributed by atoms with van der Waals surface area (Å²) in [6.45, 7) is 6.65. The second-order valence-electron chi connectivity index (χ2n) is 7.36. The SMILES string of the molecule is CCOCC(=O)N1CCC[C@H](c2nnc(CN3CCC(O)CC3)n2C)C1. The fraction of sp³-hybridized carbons (Fsp3) is 0.833. The number of aliphatic hydroxyl groups excluding tert-OH is 1. The molecule has 1 N–H and O–H groups in total. The van der Waals surface area contributed by atoms with Crippen LogP contribution < -0.4 is 0 Å². The minimum Gasteiger partial charge on any atom is -0.393 e. The Kier molecular flexibility index (Phi) is 6.61. The number of rotatable bonds is 6. The van der Waals surface area contributed by atoms with Gasteiger partial charge in [-0.3, -0.25) is 9.69 Å². The molecule has 146 valence electrons. The van der Waals surface area contributed by atoms with Crippen molar-refractivity contribution in [2.24, 2.45) is 7.05 Å². The topological polar surface area (TPSA) is 83.7 Å². The summed E-state index contributed by atoms with van der Waals surface area (Å²) in [5, 5.41) is 18.5. The van der Waals surface area contributed by atoms with Crippen molar-refractivity contribution in [3.63, 3.8) is 0 Å². The van der Waals surface area contributed by atoms with E-state index in [2.05, 4.69) is 19.7 Å². The fourth-order valence-electron chi connectivity index (χ4n) is 3.84. The van der Waals surface area contributed by atoms with Gasteiger partial charge in [0.25, 0.3) is 0 Å². The Labute approximate surface area is 155 Å². The summed E-state index contributed by atoms with van der Waals surface area (Å²) in [6.07, 6.45) is 3.49. The Hall–Kier alpha value is -1.51. The van der Waals surface area contributed by atoms with Crippen LogP contribution in [0.4, 0.5) is 0 Å². The zero-order valence-electron chi connectivity index (χ0n) is 15.9. The highest BCUT2D eigenvalue weighted by atomic mass is 16.5. The standard InChI is InChI=1S/C18H31N5O3/c1-3-26-13-17(25)23-8-4-5-14(11-23)18-20-19-16(21(18)2)12-22-9-6-15(24)7-10-22/h14-15,24H,3-13H2,1-2H3/t14-/m0/s1. The zero-order chi connectivity index (χ0) is 18.5. The number of hydrogen-bond acceptors (Lipinski definition) is 6. The van der Waals surface area contributed by atoms with Crippen LogP contribution in [0.3, 0.4) is 0 Å². The van der Waals surface area contributed by atoms with E-state index in [1.165, 1.54) is 0 Å². The van der Waals surface area contributed by atoms with Gasteiger partial charge in [0, 0.05) is 45.8 Å². The summed E-state index contributed by atoms with van der Waals surface area (Å²) in [6, 6.07) is 0. The molecule has 0 spiro atoms. The number of hydrogen-bond donors (Lipinski definition) is 1. The second-order valence-corrected chi connectivity index (χ2v) is 7.36. The van der Waals surface area contributed by atoms with Crippen LogP contribution in [0.15, 0.2) is 0 Å². The van der Waals surface area contributed by atoms with E-state index in [0.29, 0.717) is 13.2 Å². The first-order valence-electron chi connectivity index (χ1n) is 9.72. The molecule has 8 heteroatoms. The molecule has 1 aromatic rings. The molecular formula is C18H31N5O3. The van der Waals surface area contributed by atoms with Gasteiger partial charge in [-0.25, -0.2) is 0 Å².